The molecule has 3 aromatic heterocycles. The molecule has 0 aliphatic carbocycles. The lowest BCUT2D eigenvalue weighted by molar-refractivity contribution is -0.141. The Balaban J connectivity index is 0.768. The van der Waals surface area contributed by atoms with Gasteiger partial charge in [0.1, 0.15) is 40.5 Å². The van der Waals surface area contributed by atoms with Gasteiger partial charge >= 0.3 is 0 Å². The summed E-state index contributed by atoms with van der Waals surface area (Å²) in [6.07, 6.45) is 5.17. The van der Waals surface area contributed by atoms with Crippen molar-refractivity contribution in [2.24, 2.45) is 22.2 Å². The van der Waals surface area contributed by atoms with Crippen LogP contribution >= 0.6 is 0 Å². The number of fused-ring (bicyclic) bond motifs is 2. The first-order valence-electron chi connectivity index (χ1n) is 36.5. The third-order valence-electron chi connectivity index (χ3n) is 16.6. The molecule has 0 bridgehead atoms. The molecule has 39 heteroatoms. The van der Waals surface area contributed by atoms with Crippen molar-refractivity contribution in [2.45, 2.75) is 52.1 Å². The number of aliphatic hydroxyl groups is 4. The van der Waals surface area contributed by atoms with Gasteiger partial charge in [0.15, 0.2) is 0 Å². The smallest absolute Gasteiger partial charge is 0.276 e. The number of allylic oxidation sites excluding steroid dienone is 3. The minimum atomic E-state index is -1.27. The van der Waals surface area contributed by atoms with E-state index in [9.17, 15) is 54.0 Å². The zero-order valence-corrected chi connectivity index (χ0v) is 63.1. The number of nitrogens with zero attached hydrogens (tertiary/aromatic N) is 10. The van der Waals surface area contributed by atoms with Crippen molar-refractivity contribution < 1.29 is 111 Å². The Kier molecular flexibility index (Phi) is 39.4. The number of amides is 7. The molecule has 0 radical (unpaired) electrons. The second-order valence-corrected chi connectivity index (χ2v) is 25.2. The number of imidazole rings is 2. The van der Waals surface area contributed by atoms with E-state index < -0.39 is 66.8 Å². The summed E-state index contributed by atoms with van der Waals surface area (Å²) < 4.78 is 72.4. The Morgan fingerprint density at radius 1 is 0.586 bits per heavy atom. The molecule has 7 amide bonds. The van der Waals surface area contributed by atoms with Crippen LogP contribution in [0.4, 0.5) is 11.9 Å². The molecule has 2 unspecified atom stereocenters. The first-order valence-corrected chi connectivity index (χ1v) is 36.5. The first-order chi connectivity index (χ1) is 53.8. The number of aromatic nitrogens is 6. The number of nitrogens with one attached hydrogen (secondary N) is 3. The lowest BCUT2D eigenvalue weighted by Crippen LogP contribution is -2.47. The predicted molar refractivity (Wildman–Crippen MR) is 402 cm³/mol. The van der Waals surface area contributed by atoms with Crippen LogP contribution in [0.25, 0.3) is 22.1 Å². The number of benzene rings is 2. The number of rotatable bonds is 58. The number of methoxy groups -OCH3 is 1. The summed E-state index contributed by atoms with van der Waals surface area (Å²) in [5.74, 6) is -3.94. The zero-order chi connectivity index (χ0) is 79.7. The van der Waals surface area contributed by atoms with E-state index in [0.717, 1.165) is 49.8 Å². The molecular weight excluding hydrogens is 1460 g/mol. The molecule has 612 valence electrons. The van der Waals surface area contributed by atoms with Gasteiger partial charge in [-0.2, -0.15) is 5.10 Å². The first kappa shape index (κ1) is 88.9. The monoisotopic (exact) mass is 1560 g/mol. The molecule has 5 aromatic rings. The predicted octanol–water partition coefficient (Wildman–Crippen LogP) is -1.85. The number of piperazine rings is 1. The van der Waals surface area contributed by atoms with Gasteiger partial charge in [-0.15, -0.1) is 0 Å². The van der Waals surface area contributed by atoms with Crippen molar-refractivity contribution in [3.05, 3.63) is 88.9 Å². The lowest BCUT2D eigenvalue weighted by atomic mass is 10.1. The van der Waals surface area contributed by atoms with E-state index in [1.807, 2.05) is 0 Å². The number of aliphatic imine (C=N–C) groups is 1. The van der Waals surface area contributed by atoms with Crippen LogP contribution in [0.2, 0.25) is 0 Å². The molecule has 111 heavy (non-hydrogen) atoms. The number of aryl methyl sites for hydroxylation is 1. The fourth-order valence-electron chi connectivity index (χ4n) is 11.1. The van der Waals surface area contributed by atoms with Crippen LogP contribution < -0.4 is 42.6 Å². The van der Waals surface area contributed by atoms with Crippen molar-refractivity contribution in [2.75, 3.05) is 229 Å². The SMILES string of the molecule is COc1cc(C(N)=O)cc2nc(NC(=O)c3cc(C)nn3CC(O)CO)n(C/C=C/Cn3c(NC(=O)C(C=C(C)N)=NCC(O)CO)nc4cc(C(N)=O)cc(OCCCN5CCN(CCOCCOCCOCCOCCOCCOCCOCCOCCOCCOCCNC(=O)CN6C(=O)C=CC6=O)CC5)c43)c12. The third kappa shape index (κ3) is 30.7. The fourth-order valence-corrected chi connectivity index (χ4v) is 11.1. The number of aliphatic hydroxyl groups excluding tert-OH is 4. The molecule has 0 saturated carbocycles. The molecule has 5 heterocycles. The van der Waals surface area contributed by atoms with E-state index in [0.29, 0.717) is 155 Å². The van der Waals surface area contributed by atoms with Gasteiger partial charge in [-0.1, -0.05) is 12.2 Å². The summed E-state index contributed by atoms with van der Waals surface area (Å²) >= 11 is 0. The Morgan fingerprint density at radius 3 is 1.50 bits per heavy atom. The number of carbonyl (C=O) groups excluding carboxylic acids is 7. The Hall–Kier alpha value is -9.27. The van der Waals surface area contributed by atoms with Crippen LogP contribution in [0, 0.1) is 6.92 Å². The Labute approximate surface area is 641 Å². The second kappa shape index (κ2) is 49.2. The van der Waals surface area contributed by atoms with E-state index >= 15 is 0 Å². The van der Waals surface area contributed by atoms with Gasteiger partial charge in [0.25, 0.3) is 23.6 Å². The van der Waals surface area contributed by atoms with Crippen molar-refractivity contribution >= 4 is 81.0 Å². The lowest BCUT2D eigenvalue weighted by Gasteiger charge is -2.34. The number of hydrogen-bond donors (Lipinski definition) is 10. The van der Waals surface area contributed by atoms with Crippen molar-refractivity contribution in [3.8, 4) is 11.5 Å². The summed E-state index contributed by atoms with van der Waals surface area (Å²) in [5, 5.41) is 51.9. The third-order valence-corrected chi connectivity index (χ3v) is 16.6. The van der Waals surface area contributed by atoms with Gasteiger partial charge in [0.2, 0.25) is 29.6 Å². The topological polar surface area (TPSA) is 501 Å². The van der Waals surface area contributed by atoms with Gasteiger partial charge in [0.05, 0.1) is 201 Å². The minimum Gasteiger partial charge on any atom is -0.494 e. The van der Waals surface area contributed by atoms with Gasteiger partial charge < -0.3 is 114 Å². The largest absolute Gasteiger partial charge is 0.494 e. The summed E-state index contributed by atoms with van der Waals surface area (Å²) in [7, 11) is 1.40. The second-order valence-electron chi connectivity index (χ2n) is 25.2. The maximum absolute atomic E-state index is 14.1. The van der Waals surface area contributed by atoms with E-state index in [4.69, 9.17) is 79.0 Å². The van der Waals surface area contributed by atoms with Gasteiger partial charge in [-0.25, -0.2) is 9.97 Å². The normalized spacial score (nSPS) is 14.4. The van der Waals surface area contributed by atoms with Crippen LogP contribution in [0.1, 0.15) is 50.2 Å². The highest BCUT2D eigenvalue weighted by atomic mass is 16.6. The number of primary amides is 2. The molecule has 2 aromatic carbocycles. The highest BCUT2D eigenvalue weighted by molar-refractivity contribution is 6.47. The molecule has 2 aliphatic heterocycles. The van der Waals surface area contributed by atoms with Crippen LogP contribution in [0.5, 0.6) is 11.5 Å². The standard InChI is InChI=1S/C72H106N16O23/c1-50(73)39-58(77-45-54(91)48-89)69(98)80-71-79-57-42-53(68(75)97)44-61(66(57)86(71)12-5-4-11-85-65-56(41-52(67(74)96)43-60(65)100-3)78-72(85)81-70(99)59-40-51(2)82-88(59)46-55(92)49-90)111-18-6-10-83-13-15-84(16-14-83)17-20-102-22-24-104-26-28-106-30-32-108-34-36-110-38-37-109-35-33-107-31-29-105-27-25-103-23-21-101-19-9-76-62(93)47-87-63(94)7-8-64(87)95/h4-5,7-8,39-44,54-55,89-92H,6,9-38,45-49,73H2,1-3H3,(H2,74,96)(H2,75,97)(H,76,93)(H,78,81,99)(H,79,80,98)/b5-4+,50-39?,77-58?. The van der Waals surface area contributed by atoms with Crippen molar-refractivity contribution in [1.29, 1.82) is 0 Å². The van der Waals surface area contributed by atoms with E-state index in [1.165, 1.54) is 48.2 Å². The summed E-state index contributed by atoms with van der Waals surface area (Å²) in [5.41, 5.74) is 19.5. The number of carbonyl (C=O) groups is 7. The van der Waals surface area contributed by atoms with Crippen molar-refractivity contribution in [1.82, 2.24) is 48.9 Å². The maximum Gasteiger partial charge on any atom is 0.276 e. The van der Waals surface area contributed by atoms with Gasteiger partial charge in [-0.05, 0) is 56.7 Å². The molecule has 2 aliphatic rings. The fraction of sp³-hybridized carbons (Fsp3) is 0.569. The number of ether oxygens (including phenoxy) is 12. The van der Waals surface area contributed by atoms with E-state index in [-0.39, 0.29) is 115 Å². The molecule has 2 atom stereocenters. The molecule has 39 nitrogen and oxygen atoms in total. The molecule has 1 saturated heterocycles. The minimum absolute atomic E-state index is 0.00731. The van der Waals surface area contributed by atoms with Crippen LogP contribution in [0.15, 0.2) is 71.4 Å². The average Bonchev–Trinajstić information content (AvgIpc) is 1.63. The number of hydrogen-bond acceptors (Lipinski definition) is 30. The van der Waals surface area contributed by atoms with Crippen LogP contribution in [0.3, 0.4) is 0 Å². The maximum atomic E-state index is 14.1. The van der Waals surface area contributed by atoms with Crippen LogP contribution in [-0.4, -0.2) is 341 Å². The Bertz CT molecular complexity index is 3890. The Morgan fingerprint density at radius 2 is 1.04 bits per heavy atom. The highest BCUT2D eigenvalue weighted by Gasteiger charge is 2.28. The zero-order valence-electron chi connectivity index (χ0n) is 63.1. The highest BCUT2D eigenvalue weighted by Crippen LogP contribution is 2.33. The van der Waals surface area contributed by atoms with E-state index in [2.05, 4.69) is 40.8 Å². The molecule has 0 spiro atoms. The summed E-state index contributed by atoms with van der Waals surface area (Å²) in [4.78, 5) is 108. The average molecular weight is 1560 g/mol. The molecule has 1 fully saturated rings. The molecule has 13 N–H and O–H groups in total. The number of anilines is 2. The van der Waals surface area contributed by atoms with Crippen LogP contribution in [-0.2, 0) is 86.2 Å². The summed E-state index contributed by atoms with van der Waals surface area (Å²) in [6.45, 7) is 14.8. The van der Waals surface area contributed by atoms with E-state index in [1.54, 1.807) is 35.1 Å². The van der Waals surface area contributed by atoms with Gasteiger partial charge in [0, 0.05) is 87.9 Å². The van der Waals surface area contributed by atoms with Gasteiger partial charge in [-0.3, -0.25) is 63.7 Å². The molecule has 7 rings (SSSR count). The number of nitrogens with two attached hydrogens (primary N) is 3. The quantitative estimate of drug-likeness (QED) is 0.00884. The number of imide groups is 1. The van der Waals surface area contributed by atoms with Crippen molar-refractivity contribution in [3.63, 3.8) is 0 Å². The summed E-state index contributed by atoms with van der Waals surface area (Å²) in [6, 6.07) is 7.40. The molecular formula is C72H106N16O23.